The van der Waals surface area contributed by atoms with E-state index in [-0.39, 0.29) is 0 Å². The number of fused-ring (bicyclic) bond motifs is 1. The second-order valence-electron chi connectivity index (χ2n) is 5.82. The summed E-state index contributed by atoms with van der Waals surface area (Å²) in [5.74, 6) is 0.992. The van der Waals surface area contributed by atoms with E-state index < -0.39 is 0 Å². The van der Waals surface area contributed by atoms with Crippen molar-refractivity contribution in [2.45, 2.75) is 6.54 Å². The molecule has 0 unspecified atom stereocenters. The van der Waals surface area contributed by atoms with Gasteiger partial charge in [-0.3, -0.25) is 14.6 Å². The molecule has 1 saturated heterocycles. The maximum Gasteiger partial charge on any atom is 0.163 e. The fraction of sp³-hybridized carbons (Fsp3) is 0.375. The Balaban J connectivity index is 1.47. The fourth-order valence-electron chi connectivity index (χ4n) is 3.07. The Morgan fingerprint density at radius 1 is 1.04 bits per heavy atom. The number of hydrogen-bond acceptors (Lipinski definition) is 6. The second kappa shape index (κ2) is 5.92. The fourth-order valence-corrected chi connectivity index (χ4v) is 3.07. The van der Waals surface area contributed by atoms with Gasteiger partial charge in [-0.2, -0.15) is 5.10 Å². The molecule has 1 aliphatic heterocycles. The molecule has 0 aromatic carbocycles. The van der Waals surface area contributed by atoms with E-state index in [1.54, 1.807) is 11.0 Å². The van der Waals surface area contributed by atoms with Gasteiger partial charge in [0.1, 0.15) is 12.1 Å². The van der Waals surface area contributed by atoms with E-state index in [0.717, 1.165) is 49.6 Å². The zero-order chi connectivity index (χ0) is 15.6. The quantitative estimate of drug-likeness (QED) is 0.721. The molecule has 4 heterocycles. The molecular formula is C16H19N7. The van der Waals surface area contributed by atoms with E-state index in [4.69, 9.17) is 0 Å². The summed E-state index contributed by atoms with van der Waals surface area (Å²) in [6.45, 7) is 4.95. The third-order valence-corrected chi connectivity index (χ3v) is 4.34. The molecular weight excluding hydrogens is 290 g/mol. The van der Waals surface area contributed by atoms with Gasteiger partial charge < -0.3 is 4.90 Å². The summed E-state index contributed by atoms with van der Waals surface area (Å²) in [7, 11) is 1.91. The third-order valence-electron chi connectivity index (χ3n) is 4.34. The highest BCUT2D eigenvalue weighted by Crippen LogP contribution is 2.23. The van der Waals surface area contributed by atoms with Crippen molar-refractivity contribution in [1.82, 2.24) is 29.6 Å². The molecule has 4 rings (SSSR count). The topological polar surface area (TPSA) is 63.0 Å². The molecule has 0 aliphatic carbocycles. The molecule has 1 aliphatic rings. The standard InChI is InChI=1S/C16H19N7/c1-21-15-14(10-20-21)16(19-12-18-15)23-8-6-22(7-9-23)11-13-2-4-17-5-3-13/h2-5,10,12H,6-9,11H2,1H3. The number of pyridine rings is 1. The van der Waals surface area contributed by atoms with Crippen molar-refractivity contribution < 1.29 is 0 Å². The number of anilines is 1. The largest absolute Gasteiger partial charge is 0.353 e. The Morgan fingerprint density at radius 3 is 2.61 bits per heavy atom. The average Bonchev–Trinajstić information content (AvgIpc) is 2.98. The van der Waals surface area contributed by atoms with Crippen LogP contribution in [-0.2, 0) is 13.6 Å². The van der Waals surface area contributed by atoms with Crippen LogP contribution in [0.1, 0.15) is 5.56 Å². The number of nitrogens with zero attached hydrogens (tertiary/aromatic N) is 7. The Morgan fingerprint density at radius 2 is 1.83 bits per heavy atom. The van der Waals surface area contributed by atoms with E-state index in [9.17, 15) is 0 Å². The molecule has 3 aromatic heterocycles. The lowest BCUT2D eigenvalue weighted by molar-refractivity contribution is 0.249. The molecule has 0 atom stereocenters. The summed E-state index contributed by atoms with van der Waals surface area (Å²) in [5, 5.41) is 5.32. The summed E-state index contributed by atoms with van der Waals surface area (Å²) in [5.41, 5.74) is 2.19. The SMILES string of the molecule is Cn1ncc2c(N3CCN(Cc4ccncc4)CC3)ncnc21. The summed E-state index contributed by atoms with van der Waals surface area (Å²) in [6, 6.07) is 4.16. The molecule has 118 valence electrons. The van der Waals surface area contributed by atoms with Gasteiger partial charge in [-0.1, -0.05) is 0 Å². The van der Waals surface area contributed by atoms with Crippen LogP contribution in [0.3, 0.4) is 0 Å². The molecule has 3 aromatic rings. The van der Waals surface area contributed by atoms with Gasteiger partial charge >= 0.3 is 0 Å². The number of piperazine rings is 1. The van der Waals surface area contributed by atoms with E-state index >= 15 is 0 Å². The highest BCUT2D eigenvalue weighted by atomic mass is 15.3. The van der Waals surface area contributed by atoms with Crippen molar-refractivity contribution in [3.05, 3.63) is 42.6 Å². The molecule has 0 saturated carbocycles. The number of rotatable bonds is 3. The van der Waals surface area contributed by atoms with E-state index in [1.807, 2.05) is 25.6 Å². The molecule has 0 amide bonds. The first-order valence-corrected chi connectivity index (χ1v) is 7.80. The molecule has 1 fully saturated rings. The predicted octanol–water partition coefficient (Wildman–Crippen LogP) is 1.08. The minimum absolute atomic E-state index is 0.884. The smallest absolute Gasteiger partial charge is 0.163 e. The molecule has 7 heteroatoms. The zero-order valence-electron chi connectivity index (χ0n) is 13.1. The van der Waals surface area contributed by atoms with Crippen molar-refractivity contribution in [2.75, 3.05) is 31.1 Å². The van der Waals surface area contributed by atoms with Crippen molar-refractivity contribution in [2.24, 2.45) is 7.05 Å². The first-order chi connectivity index (χ1) is 11.3. The van der Waals surface area contributed by atoms with Crippen LogP contribution in [0.4, 0.5) is 5.82 Å². The molecule has 0 bridgehead atoms. The molecule has 0 N–H and O–H groups in total. The van der Waals surface area contributed by atoms with Crippen LogP contribution >= 0.6 is 0 Å². The van der Waals surface area contributed by atoms with Gasteiger partial charge in [-0.05, 0) is 17.7 Å². The maximum atomic E-state index is 4.49. The lowest BCUT2D eigenvalue weighted by atomic mass is 10.2. The lowest BCUT2D eigenvalue weighted by Crippen LogP contribution is -2.46. The van der Waals surface area contributed by atoms with Gasteiger partial charge in [0.25, 0.3) is 0 Å². The summed E-state index contributed by atoms with van der Waals surface area (Å²) in [6.07, 6.45) is 7.19. The average molecular weight is 309 g/mol. The van der Waals surface area contributed by atoms with Gasteiger partial charge in [-0.25, -0.2) is 9.97 Å². The van der Waals surface area contributed by atoms with Gasteiger partial charge in [0.15, 0.2) is 5.65 Å². The van der Waals surface area contributed by atoms with E-state index in [0.29, 0.717) is 0 Å². The lowest BCUT2D eigenvalue weighted by Gasteiger charge is -2.35. The molecule has 0 spiro atoms. The normalized spacial score (nSPS) is 16.1. The minimum atomic E-state index is 0.884. The van der Waals surface area contributed by atoms with Gasteiger partial charge in [0.2, 0.25) is 0 Å². The first-order valence-electron chi connectivity index (χ1n) is 7.80. The van der Waals surface area contributed by atoms with Crippen molar-refractivity contribution in [3.8, 4) is 0 Å². The third kappa shape index (κ3) is 2.75. The number of hydrogen-bond donors (Lipinski definition) is 0. The van der Waals surface area contributed by atoms with Crippen molar-refractivity contribution in [3.63, 3.8) is 0 Å². The van der Waals surface area contributed by atoms with E-state index in [1.165, 1.54) is 5.56 Å². The van der Waals surface area contributed by atoms with E-state index in [2.05, 4.69) is 42.0 Å². The van der Waals surface area contributed by atoms with Crippen molar-refractivity contribution in [1.29, 1.82) is 0 Å². The highest BCUT2D eigenvalue weighted by Gasteiger charge is 2.20. The summed E-state index contributed by atoms with van der Waals surface area (Å²) in [4.78, 5) is 17.7. The van der Waals surface area contributed by atoms with Crippen LogP contribution in [-0.4, -0.2) is 55.8 Å². The molecule has 0 radical (unpaired) electrons. The van der Waals surface area contributed by atoms with Crippen molar-refractivity contribution >= 4 is 16.9 Å². The van der Waals surface area contributed by atoms with Crippen LogP contribution in [0.2, 0.25) is 0 Å². The zero-order valence-corrected chi connectivity index (χ0v) is 13.1. The van der Waals surface area contributed by atoms with Gasteiger partial charge in [0.05, 0.1) is 11.6 Å². The summed E-state index contributed by atoms with van der Waals surface area (Å²) >= 11 is 0. The summed E-state index contributed by atoms with van der Waals surface area (Å²) < 4.78 is 1.79. The Bertz CT molecular complexity index is 791. The van der Waals surface area contributed by atoms with Gasteiger partial charge in [-0.15, -0.1) is 0 Å². The number of aromatic nitrogens is 5. The van der Waals surface area contributed by atoms with Gasteiger partial charge in [0, 0.05) is 52.2 Å². The second-order valence-corrected chi connectivity index (χ2v) is 5.82. The maximum absolute atomic E-state index is 4.49. The van der Waals surface area contributed by atoms with Crippen LogP contribution in [0, 0.1) is 0 Å². The highest BCUT2D eigenvalue weighted by molar-refractivity contribution is 5.86. The predicted molar refractivity (Wildman–Crippen MR) is 88.0 cm³/mol. The monoisotopic (exact) mass is 309 g/mol. The number of aryl methyl sites for hydroxylation is 1. The first kappa shape index (κ1) is 14.1. The molecule has 7 nitrogen and oxygen atoms in total. The Kier molecular flexibility index (Phi) is 3.63. The minimum Gasteiger partial charge on any atom is -0.353 e. The molecule has 23 heavy (non-hydrogen) atoms. The Hall–Kier alpha value is -2.54. The van der Waals surface area contributed by atoms with Crippen LogP contribution in [0.15, 0.2) is 37.1 Å². The van der Waals surface area contributed by atoms with Crippen LogP contribution < -0.4 is 4.90 Å². The van der Waals surface area contributed by atoms with Crippen LogP contribution in [0.5, 0.6) is 0 Å². The Labute approximate surface area is 134 Å². The van der Waals surface area contributed by atoms with Crippen LogP contribution in [0.25, 0.3) is 11.0 Å².